The summed E-state index contributed by atoms with van der Waals surface area (Å²) in [5.41, 5.74) is 0.479. The molecule has 0 aliphatic rings. The molecular weight excluding hydrogens is 140 g/mol. The Kier molecular flexibility index (Phi) is 3.54. The van der Waals surface area contributed by atoms with Gasteiger partial charge in [0.2, 0.25) is 0 Å². The second kappa shape index (κ2) is 3.69. The molecule has 0 amide bonds. The summed E-state index contributed by atoms with van der Waals surface area (Å²) in [5.74, 6) is 0.444. The molecule has 0 fully saturated rings. The number of rotatable bonds is 3. The lowest BCUT2D eigenvalue weighted by Crippen LogP contribution is -2.11. The van der Waals surface area contributed by atoms with Gasteiger partial charge in [-0.1, -0.05) is 13.8 Å². The summed E-state index contributed by atoms with van der Waals surface area (Å²) >= 11 is 0. The van der Waals surface area contributed by atoms with E-state index in [2.05, 4.69) is 0 Å². The molecule has 60 valence electrons. The molecule has 0 heterocycles. The minimum atomic E-state index is -4.72. The first-order chi connectivity index (χ1) is 4.49. The Balaban J connectivity index is 4.11. The van der Waals surface area contributed by atoms with Gasteiger partial charge in [-0.25, -0.2) is 0 Å². The van der Waals surface area contributed by atoms with Crippen molar-refractivity contribution in [1.82, 2.24) is 0 Å². The van der Waals surface area contributed by atoms with E-state index in [9.17, 15) is 12.9 Å². The maximum absolute atomic E-state index is 11.7. The largest absolute Gasteiger partial charge is 0.502 e. The van der Waals surface area contributed by atoms with Gasteiger partial charge < -0.3 is 12.9 Å². The number of halogens is 3. The van der Waals surface area contributed by atoms with E-state index in [1.54, 1.807) is 13.8 Å². The first kappa shape index (κ1) is 9.59. The van der Waals surface area contributed by atoms with E-state index in [-0.39, 0.29) is 0 Å². The van der Waals surface area contributed by atoms with Gasteiger partial charge in [0.25, 0.3) is 0 Å². The molecule has 0 spiro atoms. The fourth-order valence-corrected chi connectivity index (χ4v) is 0.753. The van der Waals surface area contributed by atoms with Crippen molar-refractivity contribution in [3.05, 3.63) is 11.5 Å². The molecule has 0 nitrogen and oxygen atoms in total. The van der Waals surface area contributed by atoms with Crippen molar-refractivity contribution < 1.29 is 12.9 Å². The highest BCUT2D eigenvalue weighted by atomic mass is 19.4. The van der Waals surface area contributed by atoms with Gasteiger partial charge in [0.05, 0.1) is 0 Å². The smallest absolute Gasteiger partial charge is 0.445 e. The van der Waals surface area contributed by atoms with Gasteiger partial charge >= 0.3 is 6.98 Å². The van der Waals surface area contributed by atoms with Crippen LogP contribution >= 0.6 is 0 Å². The fraction of sp³-hybridized carbons (Fsp3) is 0.667. The third-order valence-electron chi connectivity index (χ3n) is 1.33. The Morgan fingerprint density at radius 2 is 1.60 bits per heavy atom. The van der Waals surface area contributed by atoms with Crippen molar-refractivity contribution in [1.29, 1.82) is 0 Å². The second-order valence-electron chi connectivity index (χ2n) is 2.16. The summed E-state index contributed by atoms with van der Waals surface area (Å²) < 4.78 is 35.0. The van der Waals surface area contributed by atoms with Gasteiger partial charge in [-0.05, 0) is 12.8 Å². The van der Waals surface area contributed by atoms with E-state index < -0.39 is 6.98 Å². The van der Waals surface area contributed by atoms with Crippen molar-refractivity contribution in [3.8, 4) is 0 Å². The third-order valence-corrected chi connectivity index (χ3v) is 1.33. The number of allylic oxidation sites excluding steroid dienone is 1. The van der Waals surface area contributed by atoms with Crippen molar-refractivity contribution in [2.45, 2.75) is 26.7 Å². The van der Waals surface area contributed by atoms with Gasteiger partial charge in [0.1, 0.15) is 0 Å². The van der Waals surface area contributed by atoms with Crippen molar-refractivity contribution in [2.24, 2.45) is 0 Å². The van der Waals surface area contributed by atoms with Crippen LogP contribution in [0.5, 0.6) is 0 Å². The molecule has 0 unspecified atom stereocenters. The summed E-state index contributed by atoms with van der Waals surface area (Å²) in [7, 11) is 0. The van der Waals surface area contributed by atoms with Crippen LogP contribution in [0.1, 0.15) is 26.7 Å². The molecule has 10 heavy (non-hydrogen) atoms. The van der Waals surface area contributed by atoms with Gasteiger partial charge in [-0.3, -0.25) is 0 Å². The predicted molar refractivity (Wildman–Crippen MR) is 37.7 cm³/mol. The summed E-state index contributed by atoms with van der Waals surface area (Å²) in [4.78, 5) is 0. The van der Waals surface area contributed by atoms with Crippen LogP contribution in [0.3, 0.4) is 0 Å². The van der Waals surface area contributed by atoms with Crippen molar-refractivity contribution in [3.63, 3.8) is 0 Å². The minimum Gasteiger partial charge on any atom is -0.445 e. The monoisotopic (exact) mass is 151 g/mol. The molecule has 0 bridgehead atoms. The van der Waals surface area contributed by atoms with Gasteiger partial charge in [-0.15, -0.1) is 11.5 Å². The average molecular weight is 151 g/mol. The highest BCUT2D eigenvalue weighted by Crippen LogP contribution is 2.16. The Hall–Kier alpha value is -0.405. The summed E-state index contributed by atoms with van der Waals surface area (Å²) in [6.45, 7) is -1.25. The summed E-state index contributed by atoms with van der Waals surface area (Å²) in [6.07, 6.45) is 0.996. The van der Waals surface area contributed by atoms with Crippen molar-refractivity contribution in [2.75, 3.05) is 0 Å². The van der Waals surface area contributed by atoms with Crippen molar-refractivity contribution >= 4 is 6.98 Å². The Morgan fingerprint density at radius 1 is 1.20 bits per heavy atom. The Labute approximate surface area is 59.2 Å². The van der Waals surface area contributed by atoms with E-state index >= 15 is 0 Å². The number of hydrogen-bond donors (Lipinski definition) is 0. The first-order valence-corrected chi connectivity index (χ1v) is 3.40. The molecule has 0 aliphatic heterocycles. The van der Waals surface area contributed by atoms with E-state index in [1.165, 1.54) is 0 Å². The zero-order valence-corrected chi connectivity index (χ0v) is 6.20. The van der Waals surface area contributed by atoms with Crippen LogP contribution in [0, 0.1) is 0 Å². The van der Waals surface area contributed by atoms with Gasteiger partial charge in [-0.2, -0.15) is 0 Å². The quantitative estimate of drug-likeness (QED) is 0.543. The molecule has 0 atom stereocenters. The highest BCUT2D eigenvalue weighted by molar-refractivity contribution is 6.64. The zero-order chi connectivity index (χ0) is 8.20. The molecule has 4 heteroatoms. The molecule has 0 radical (unpaired) electrons. The normalized spacial score (nSPS) is 11.3. The molecule has 0 saturated heterocycles. The van der Waals surface area contributed by atoms with Crippen LogP contribution in [0.25, 0.3) is 0 Å². The molecule has 0 saturated carbocycles. The molecule has 0 aromatic rings. The predicted octanol–water partition coefficient (Wildman–Crippen LogP) is 3.12. The van der Waals surface area contributed by atoms with E-state index in [4.69, 9.17) is 0 Å². The maximum atomic E-state index is 11.7. The lowest BCUT2D eigenvalue weighted by atomic mass is 9.87. The molecule has 0 rings (SSSR count). The van der Waals surface area contributed by atoms with Crippen LogP contribution in [0.2, 0.25) is 0 Å². The van der Waals surface area contributed by atoms with Crippen LogP contribution in [0.15, 0.2) is 11.5 Å². The van der Waals surface area contributed by atoms with Gasteiger partial charge in [0.15, 0.2) is 0 Å². The van der Waals surface area contributed by atoms with Crippen LogP contribution in [0.4, 0.5) is 12.9 Å². The topological polar surface area (TPSA) is 0 Å². The molecule has 0 aliphatic carbocycles. The maximum Gasteiger partial charge on any atom is 0.502 e. The zero-order valence-electron chi connectivity index (χ0n) is 6.20. The average Bonchev–Trinajstić information content (AvgIpc) is 1.81. The first-order valence-electron chi connectivity index (χ1n) is 3.40. The minimum absolute atomic E-state index is 0.444. The third kappa shape index (κ3) is 4.47. The van der Waals surface area contributed by atoms with Crippen LogP contribution in [-0.4, -0.2) is 6.98 Å². The highest BCUT2D eigenvalue weighted by Gasteiger charge is 2.18. The fourth-order valence-electron chi connectivity index (χ4n) is 0.753. The Bertz CT molecular complexity index is 119. The van der Waals surface area contributed by atoms with E-state index in [1.807, 2.05) is 0 Å². The standard InChI is InChI=1S/C6H11BF3/c1-3-6(4-2)5-7(8,9)10/h5H,3-4H2,1-2H3/q-1. The van der Waals surface area contributed by atoms with Gasteiger partial charge in [0, 0.05) is 0 Å². The van der Waals surface area contributed by atoms with E-state index in [0.717, 1.165) is 0 Å². The Morgan fingerprint density at radius 3 is 1.70 bits per heavy atom. The van der Waals surface area contributed by atoms with E-state index in [0.29, 0.717) is 24.4 Å². The SMILES string of the molecule is CCC(=C[B-](F)(F)F)CC. The lowest BCUT2D eigenvalue weighted by molar-refractivity contribution is 0.497. The second-order valence-corrected chi connectivity index (χ2v) is 2.16. The molecule has 0 aromatic heterocycles. The molecular formula is C6H11BF3-. The molecule has 0 aromatic carbocycles. The summed E-state index contributed by atoms with van der Waals surface area (Å²) in [6, 6.07) is 0. The van der Waals surface area contributed by atoms with Crippen LogP contribution in [-0.2, 0) is 0 Å². The summed E-state index contributed by atoms with van der Waals surface area (Å²) in [5, 5.41) is 0. The number of hydrogen-bond acceptors (Lipinski definition) is 0. The van der Waals surface area contributed by atoms with Crippen LogP contribution < -0.4 is 0 Å². The molecule has 0 N–H and O–H groups in total. The lowest BCUT2D eigenvalue weighted by Gasteiger charge is -2.10.